The van der Waals surface area contributed by atoms with Crippen LogP contribution in [0.4, 0.5) is 0 Å². The summed E-state index contributed by atoms with van der Waals surface area (Å²) in [5.41, 5.74) is 1.11. The van der Waals surface area contributed by atoms with Gasteiger partial charge in [0, 0.05) is 37.8 Å². The second-order valence-corrected chi connectivity index (χ2v) is 7.51. The van der Waals surface area contributed by atoms with Crippen LogP contribution >= 0.6 is 0 Å². The van der Waals surface area contributed by atoms with Gasteiger partial charge in [-0.15, -0.1) is 0 Å². The Kier molecular flexibility index (Phi) is 4.74. The first kappa shape index (κ1) is 16.6. The Morgan fingerprint density at radius 1 is 1.36 bits per heavy atom. The van der Waals surface area contributed by atoms with Crippen molar-refractivity contribution >= 4 is 5.91 Å². The molecule has 0 unspecified atom stereocenters. The van der Waals surface area contributed by atoms with Crippen LogP contribution < -0.4 is 0 Å². The lowest BCUT2D eigenvalue weighted by Crippen LogP contribution is -2.31. The average molecular weight is 340 g/mol. The van der Waals surface area contributed by atoms with Gasteiger partial charge >= 0.3 is 0 Å². The Bertz CT molecular complexity index is 680. The molecule has 3 aliphatic rings. The van der Waals surface area contributed by atoms with Gasteiger partial charge in [-0.1, -0.05) is 6.07 Å². The van der Waals surface area contributed by atoms with E-state index in [1.807, 2.05) is 4.90 Å². The van der Waals surface area contributed by atoms with Crippen molar-refractivity contribution in [3.63, 3.8) is 0 Å². The fourth-order valence-corrected chi connectivity index (χ4v) is 3.94. The molecule has 3 fully saturated rings. The number of hydrogen-bond donors (Lipinski definition) is 0. The quantitative estimate of drug-likeness (QED) is 0.746. The summed E-state index contributed by atoms with van der Waals surface area (Å²) in [4.78, 5) is 14.6. The van der Waals surface area contributed by atoms with Crippen molar-refractivity contribution in [2.75, 3.05) is 32.9 Å². The molecule has 0 radical (unpaired) electrons. The molecule has 2 heterocycles. The van der Waals surface area contributed by atoms with Crippen molar-refractivity contribution in [3.05, 3.63) is 35.4 Å². The summed E-state index contributed by atoms with van der Waals surface area (Å²) in [5, 5.41) is 9.01. The summed E-state index contributed by atoms with van der Waals surface area (Å²) in [5.74, 6) is 1.69. The predicted octanol–water partition coefficient (Wildman–Crippen LogP) is 2.46. The molecule has 0 bridgehead atoms. The average Bonchev–Trinajstić information content (AvgIpc) is 3.25. The number of rotatable bonds is 6. The van der Waals surface area contributed by atoms with Gasteiger partial charge in [0.25, 0.3) is 5.91 Å². The molecule has 4 rings (SSSR count). The minimum Gasteiger partial charge on any atom is -0.381 e. The molecular weight excluding hydrogens is 316 g/mol. The number of likely N-dealkylation sites (tertiary alicyclic amines) is 1. The van der Waals surface area contributed by atoms with E-state index >= 15 is 0 Å². The number of nitriles is 1. The summed E-state index contributed by atoms with van der Waals surface area (Å²) in [6, 6.07) is 9.02. The van der Waals surface area contributed by atoms with Gasteiger partial charge in [0.1, 0.15) is 0 Å². The van der Waals surface area contributed by atoms with E-state index in [1.165, 1.54) is 12.8 Å². The van der Waals surface area contributed by atoms with E-state index in [-0.39, 0.29) is 12.0 Å². The molecule has 1 aromatic rings. The molecule has 0 spiro atoms. The minimum atomic E-state index is -0.00108. The Morgan fingerprint density at radius 3 is 3.04 bits per heavy atom. The molecule has 0 N–H and O–H groups in total. The lowest BCUT2D eigenvalue weighted by Gasteiger charge is -2.20. The molecule has 1 aromatic carbocycles. The van der Waals surface area contributed by atoms with Gasteiger partial charge in [-0.25, -0.2) is 0 Å². The maximum absolute atomic E-state index is 12.7. The van der Waals surface area contributed by atoms with E-state index < -0.39 is 0 Å². The number of benzene rings is 1. The zero-order valence-electron chi connectivity index (χ0n) is 14.4. The maximum Gasteiger partial charge on any atom is 0.253 e. The predicted molar refractivity (Wildman–Crippen MR) is 91.9 cm³/mol. The first-order valence-electron chi connectivity index (χ1n) is 9.23. The number of carbonyl (C=O) groups is 1. The lowest BCUT2D eigenvalue weighted by atomic mass is 9.91. The number of fused-ring (bicyclic) bond motifs is 1. The third kappa shape index (κ3) is 3.70. The van der Waals surface area contributed by atoms with Crippen molar-refractivity contribution in [3.8, 4) is 6.07 Å². The summed E-state index contributed by atoms with van der Waals surface area (Å²) in [6.07, 6.45) is 3.80. The van der Waals surface area contributed by atoms with E-state index in [0.717, 1.165) is 38.7 Å². The Morgan fingerprint density at radius 2 is 2.24 bits per heavy atom. The lowest BCUT2D eigenvalue weighted by molar-refractivity contribution is 0.0651. The van der Waals surface area contributed by atoms with Crippen LogP contribution in [0.1, 0.15) is 35.2 Å². The van der Waals surface area contributed by atoms with Gasteiger partial charge in [0.15, 0.2) is 0 Å². The monoisotopic (exact) mass is 340 g/mol. The maximum atomic E-state index is 12.7. The number of amides is 1. The number of carbonyl (C=O) groups excluding carboxylic acids is 1. The van der Waals surface area contributed by atoms with Crippen LogP contribution in [0.2, 0.25) is 0 Å². The highest BCUT2D eigenvalue weighted by atomic mass is 16.5. The smallest absolute Gasteiger partial charge is 0.253 e. The summed E-state index contributed by atoms with van der Waals surface area (Å²) < 4.78 is 11.7. The van der Waals surface area contributed by atoms with Gasteiger partial charge in [-0.3, -0.25) is 4.79 Å². The van der Waals surface area contributed by atoms with E-state index in [2.05, 4.69) is 6.07 Å². The minimum absolute atomic E-state index is 0.00108. The number of ether oxygens (including phenoxy) is 2. The molecule has 1 saturated carbocycles. The Balaban J connectivity index is 1.32. The van der Waals surface area contributed by atoms with Gasteiger partial charge in [-0.05, 0) is 49.3 Å². The zero-order valence-corrected chi connectivity index (χ0v) is 14.4. The largest absolute Gasteiger partial charge is 0.381 e. The molecule has 1 amide bonds. The van der Waals surface area contributed by atoms with Gasteiger partial charge in [0.2, 0.25) is 0 Å². The second-order valence-electron chi connectivity index (χ2n) is 7.51. The van der Waals surface area contributed by atoms with E-state index in [4.69, 9.17) is 14.7 Å². The standard InChI is InChI=1S/C20H24N2O3/c21-9-15-2-1-3-16(8-15)20(23)22-10-18-17(13-25-19(18)11-22)6-7-24-12-14-4-5-14/h1-3,8,14,17-19H,4-7,10-13H2/t17-,18-,19-/m0/s1. The SMILES string of the molecule is N#Cc1cccc(C(=O)N2C[C@H]3[C@@H](CCOCC4CC4)CO[C@H]3C2)c1. The fraction of sp³-hybridized carbons (Fsp3) is 0.600. The van der Waals surface area contributed by atoms with Crippen LogP contribution in [0.15, 0.2) is 24.3 Å². The molecular formula is C20H24N2O3. The molecule has 5 heteroatoms. The topological polar surface area (TPSA) is 62.6 Å². The third-order valence-electron chi connectivity index (χ3n) is 5.65. The molecule has 1 aliphatic carbocycles. The van der Waals surface area contributed by atoms with Crippen LogP contribution in [0.5, 0.6) is 0 Å². The van der Waals surface area contributed by atoms with Crippen molar-refractivity contribution in [2.24, 2.45) is 17.8 Å². The highest BCUT2D eigenvalue weighted by Crippen LogP contribution is 2.36. The zero-order chi connectivity index (χ0) is 17.2. The molecule has 5 nitrogen and oxygen atoms in total. The normalized spacial score (nSPS) is 28.0. The molecule has 132 valence electrons. The third-order valence-corrected chi connectivity index (χ3v) is 5.65. The fourth-order valence-electron chi connectivity index (χ4n) is 3.94. The number of nitrogens with zero attached hydrogens (tertiary/aromatic N) is 2. The van der Waals surface area contributed by atoms with E-state index in [0.29, 0.717) is 29.5 Å². The van der Waals surface area contributed by atoms with Crippen LogP contribution in [0, 0.1) is 29.1 Å². The van der Waals surface area contributed by atoms with E-state index in [9.17, 15) is 4.79 Å². The molecule has 3 atom stereocenters. The van der Waals surface area contributed by atoms with Gasteiger partial charge in [-0.2, -0.15) is 5.26 Å². The van der Waals surface area contributed by atoms with Crippen molar-refractivity contribution in [2.45, 2.75) is 25.4 Å². The molecule has 2 saturated heterocycles. The second kappa shape index (κ2) is 7.15. The van der Waals surface area contributed by atoms with Crippen LogP contribution in [-0.2, 0) is 9.47 Å². The van der Waals surface area contributed by atoms with Gasteiger partial charge < -0.3 is 14.4 Å². The van der Waals surface area contributed by atoms with Crippen molar-refractivity contribution in [1.82, 2.24) is 4.90 Å². The van der Waals surface area contributed by atoms with E-state index in [1.54, 1.807) is 24.3 Å². The highest BCUT2D eigenvalue weighted by molar-refractivity contribution is 5.94. The molecule has 25 heavy (non-hydrogen) atoms. The van der Waals surface area contributed by atoms with Crippen molar-refractivity contribution in [1.29, 1.82) is 5.26 Å². The first-order chi connectivity index (χ1) is 12.2. The first-order valence-corrected chi connectivity index (χ1v) is 9.23. The van der Waals surface area contributed by atoms with Crippen molar-refractivity contribution < 1.29 is 14.3 Å². The molecule has 2 aliphatic heterocycles. The summed E-state index contributed by atoms with van der Waals surface area (Å²) in [6.45, 7) is 3.88. The van der Waals surface area contributed by atoms with Gasteiger partial charge in [0.05, 0.1) is 24.3 Å². The Labute approximate surface area is 148 Å². The number of hydrogen-bond acceptors (Lipinski definition) is 4. The van der Waals surface area contributed by atoms with Crippen LogP contribution in [0.25, 0.3) is 0 Å². The Hall–Kier alpha value is -1.90. The summed E-state index contributed by atoms with van der Waals surface area (Å²) in [7, 11) is 0. The van der Waals surface area contributed by atoms with Crippen LogP contribution in [0.3, 0.4) is 0 Å². The molecule has 0 aromatic heterocycles. The van der Waals surface area contributed by atoms with Crippen LogP contribution in [-0.4, -0.2) is 49.8 Å². The highest BCUT2D eigenvalue weighted by Gasteiger charge is 2.45. The summed E-state index contributed by atoms with van der Waals surface area (Å²) >= 11 is 0.